The van der Waals surface area contributed by atoms with E-state index in [0.29, 0.717) is 6.04 Å². The summed E-state index contributed by atoms with van der Waals surface area (Å²) < 4.78 is 5.47. The summed E-state index contributed by atoms with van der Waals surface area (Å²) in [6.07, 6.45) is 0. The quantitative estimate of drug-likeness (QED) is 0.851. The molecule has 1 rings (SSSR count). The highest BCUT2D eigenvalue weighted by Crippen LogP contribution is 2.34. The van der Waals surface area contributed by atoms with E-state index in [1.165, 1.54) is 11.3 Å². The molecule has 0 saturated carbocycles. The molecule has 0 aromatic heterocycles. The fourth-order valence-corrected chi connectivity index (χ4v) is 1.88. The van der Waals surface area contributed by atoms with Crippen molar-refractivity contribution in [2.45, 2.75) is 32.9 Å². The summed E-state index contributed by atoms with van der Waals surface area (Å²) in [5.74, 6) is 0.942. The highest BCUT2D eigenvalue weighted by Gasteiger charge is 2.18. The number of ether oxygens (including phenoxy) is 1. The summed E-state index contributed by atoms with van der Waals surface area (Å²) in [7, 11) is 5.81. The van der Waals surface area contributed by atoms with E-state index in [9.17, 15) is 0 Å². The van der Waals surface area contributed by atoms with Crippen molar-refractivity contribution in [3.63, 3.8) is 0 Å². The van der Waals surface area contributed by atoms with Gasteiger partial charge in [-0.3, -0.25) is 0 Å². The van der Waals surface area contributed by atoms with Gasteiger partial charge in [0, 0.05) is 30.4 Å². The Hall–Kier alpha value is -1.22. The molecular formula is C14H24N2O. The predicted octanol–water partition coefficient (Wildman–Crippen LogP) is 2.82. The van der Waals surface area contributed by atoms with Gasteiger partial charge in [0.15, 0.2) is 0 Å². The van der Waals surface area contributed by atoms with Crippen LogP contribution < -0.4 is 15.0 Å². The molecule has 96 valence electrons. The summed E-state index contributed by atoms with van der Waals surface area (Å²) in [4.78, 5) is 2.27. The Labute approximate surface area is 105 Å². The Morgan fingerprint density at radius 1 is 1.24 bits per heavy atom. The molecule has 1 atom stereocenters. The van der Waals surface area contributed by atoms with Crippen LogP contribution in [0.5, 0.6) is 5.75 Å². The molecule has 0 aliphatic rings. The van der Waals surface area contributed by atoms with Gasteiger partial charge in [-0.15, -0.1) is 0 Å². The molecule has 0 radical (unpaired) electrons. The zero-order valence-corrected chi connectivity index (χ0v) is 11.7. The van der Waals surface area contributed by atoms with Crippen molar-refractivity contribution in [3.8, 4) is 5.75 Å². The molecule has 1 aromatic rings. The van der Waals surface area contributed by atoms with Crippen LogP contribution in [0.25, 0.3) is 0 Å². The van der Waals surface area contributed by atoms with E-state index < -0.39 is 0 Å². The molecule has 1 aromatic carbocycles. The lowest BCUT2D eigenvalue weighted by atomic mass is 10.0. The molecular weight excluding hydrogens is 212 g/mol. The van der Waals surface area contributed by atoms with Crippen LogP contribution in [0.15, 0.2) is 18.2 Å². The predicted molar refractivity (Wildman–Crippen MR) is 74.0 cm³/mol. The second kappa shape index (κ2) is 5.92. The van der Waals surface area contributed by atoms with Crippen LogP contribution >= 0.6 is 0 Å². The number of anilines is 1. The van der Waals surface area contributed by atoms with Gasteiger partial charge < -0.3 is 15.0 Å². The molecule has 3 heteroatoms. The van der Waals surface area contributed by atoms with Crippen molar-refractivity contribution < 1.29 is 4.74 Å². The van der Waals surface area contributed by atoms with Crippen molar-refractivity contribution >= 4 is 5.69 Å². The Balaban J connectivity index is 3.28. The summed E-state index contributed by atoms with van der Waals surface area (Å²) in [6.45, 7) is 6.52. The maximum atomic E-state index is 5.47. The van der Waals surface area contributed by atoms with Crippen molar-refractivity contribution in [2.24, 2.45) is 0 Å². The number of rotatable bonds is 5. The SMILES string of the molecule is CNC(C)c1c(OC)cccc1N(C)C(C)C. The second-order valence-electron chi connectivity index (χ2n) is 4.61. The Kier molecular flexibility index (Phi) is 4.82. The molecule has 1 unspecified atom stereocenters. The van der Waals surface area contributed by atoms with Crippen molar-refractivity contribution in [3.05, 3.63) is 23.8 Å². The van der Waals surface area contributed by atoms with E-state index in [0.717, 1.165) is 5.75 Å². The van der Waals surface area contributed by atoms with E-state index in [-0.39, 0.29) is 6.04 Å². The standard InChI is InChI=1S/C14H24N2O/c1-10(2)16(5)12-8-7-9-13(17-6)14(12)11(3)15-4/h7-11,15H,1-6H3. The first-order chi connectivity index (χ1) is 8.02. The number of hydrogen-bond donors (Lipinski definition) is 1. The van der Waals surface area contributed by atoms with Crippen molar-refractivity contribution in [1.82, 2.24) is 5.32 Å². The van der Waals surface area contributed by atoms with Gasteiger partial charge in [0.2, 0.25) is 0 Å². The van der Waals surface area contributed by atoms with E-state index in [1.807, 2.05) is 19.2 Å². The van der Waals surface area contributed by atoms with Gasteiger partial charge in [-0.25, -0.2) is 0 Å². The molecule has 0 aliphatic heterocycles. The monoisotopic (exact) mass is 236 g/mol. The Morgan fingerprint density at radius 2 is 1.88 bits per heavy atom. The third-order valence-corrected chi connectivity index (χ3v) is 3.28. The topological polar surface area (TPSA) is 24.5 Å². The lowest BCUT2D eigenvalue weighted by molar-refractivity contribution is 0.403. The fourth-order valence-electron chi connectivity index (χ4n) is 1.88. The molecule has 0 aliphatic carbocycles. The number of methoxy groups -OCH3 is 1. The van der Waals surface area contributed by atoms with Gasteiger partial charge >= 0.3 is 0 Å². The Morgan fingerprint density at radius 3 is 2.35 bits per heavy atom. The number of benzene rings is 1. The molecule has 17 heavy (non-hydrogen) atoms. The van der Waals surface area contributed by atoms with Gasteiger partial charge in [0.1, 0.15) is 5.75 Å². The highest BCUT2D eigenvalue weighted by atomic mass is 16.5. The molecule has 0 saturated heterocycles. The molecule has 0 fully saturated rings. The summed E-state index contributed by atoms with van der Waals surface area (Å²) >= 11 is 0. The van der Waals surface area contributed by atoms with Crippen LogP contribution in [-0.4, -0.2) is 27.2 Å². The summed E-state index contributed by atoms with van der Waals surface area (Å²) in [5.41, 5.74) is 2.44. The lowest BCUT2D eigenvalue weighted by Crippen LogP contribution is -2.28. The third-order valence-electron chi connectivity index (χ3n) is 3.28. The van der Waals surface area contributed by atoms with Crippen LogP contribution in [0.2, 0.25) is 0 Å². The van der Waals surface area contributed by atoms with Gasteiger partial charge in [-0.2, -0.15) is 0 Å². The molecule has 0 bridgehead atoms. The number of nitrogens with one attached hydrogen (secondary N) is 1. The summed E-state index contributed by atoms with van der Waals surface area (Å²) in [5, 5.41) is 3.28. The minimum Gasteiger partial charge on any atom is -0.496 e. The maximum absolute atomic E-state index is 5.47. The minimum absolute atomic E-state index is 0.266. The summed E-state index contributed by atoms with van der Waals surface area (Å²) in [6, 6.07) is 6.93. The van der Waals surface area contributed by atoms with Crippen LogP contribution in [0.1, 0.15) is 32.4 Å². The number of hydrogen-bond acceptors (Lipinski definition) is 3. The first-order valence-corrected chi connectivity index (χ1v) is 6.09. The maximum Gasteiger partial charge on any atom is 0.125 e. The van der Waals surface area contributed by atoms with Crippen LogP contribution in [0, 0.1) is 0 Å². The first-order valence-electron chi connectivity index (χ1n) is 6.09. The minimum atomic E-state index is 0.266. The van der Waals surface area contributed by atoms with E-state index in [4.69, 9.17) is 4.74 Å². The van der Waals surface area contributed by atoms with E-state index in [2.05, 4.69) is 44.1 Å². The van der Waals surface area contributed by atoms with Gasteiger partial charge in [-0.1, -0.05) is 6.07 Å². The normalized spacial score (nSPS) is 12.6. The zero-order valence-electron chi connectivity index (χ0n) is 11.7. The van der Waals surface area contributed by atoms with E-state index in [1.54, 1.807) is 7.11 Å². The average Bonchev–Trinajstić information content (AvgIpc) is 2.35. The largest absolute Gasteiger partial charge is 0.496 e. The molecule has 0 heterocycles. The van der Waals surface area contributed by atoms with Gasteiger partial charge in [0.05, 0.1) is 7.11 Å². The van der Waals surface area contributed by atoms with E-state index >= 15 is 0 Å². The molecule has 3 nitrogen and oxygen atoms in total. The smallest absolute Gasteiger partial charge is 0.125 e. The lowest BCUT2D eigenvalue weighted by Gasteiger charge is -2.29. The average molecular weight is 236 g/mol. The molecule has 1 N–H and O–H groups in total. The third kappa shape index (κ3) is 2.91. The fraction of sp³-hybridized carbons (Fsp3) is 0.571. The first kappa shape index (κ1) is 13.8. The zero-order chi connectivity index (χ0) is 13.0. The number of nitrogens with zero attached hydrogens (tertiary/aromatic N) is 1. The van der Waals surface area contributed by atoms with Gasteiger partial charge in [0.25, 0.3) is 0 Å². The van der Waals surface area contributed by atoms with Gasteiger partial charge in [-0.05, 0) is 40.0 Å². The molecule has 0 spiro atoms. The highest BCUT2D eigenvalue weighted by molar-refractivity contribution is 5.60. The van der Waals surface area contributed by atoms with Crippen LogP contribution in [-0.2, 0) is 0 Å². The van der Waals surface area contributed by atoms with Crippen LogP contribution in [0.4, 0.5) is 5.69 Å². The van der Waals surface area contributed by atoms with Crippen LogP contribution in [0.3, 0.4) is 0 Å². The van der Waals surface area contributed by atoms with Crippen molar-refractivity contribution in [1.29, 1.82) is 0 Å². The molecule has 0 amide bonds. The Bertz CT molecular complexity index is 363. The van der Waals surface area contributed by atoms with Crippen molar-refractivity contribution in [2.75, 3.05) is 26.1 Å². The second-order valence-corrected chi connectivity index (χ2v) is 4.61.